The summed E-state index contributed by atoms with van der Waals surface area (Å²) < 4.78 is 32.3. The van der Waals surface area contributed by atoms with Crippen molar-refractivity contribution in [1.82, 2.24) is 10.2 Å². The molecule has 0 radical (unpaired) electrons. The number of hydrogen-bond donors (Lipinski definition) is 1. The minimum atomic E-state index is -3.88. The van der Waals surface area contributed by atoms with Gasteiger partial charge in [-0.25, -0.2) is 8.42 Å². The summed E-state index contributed by atoms with van der Waals surface area (Å²) in [5.41, 5.74) is 0.893. The first-order valence-corrected chi connectivity index (χ1v) is 14.8. The van der Waals surface area contributed by atoms with Gasteiger partial charge in [0.1, 0.15) is 18.3 Å². The number of hydrogen-bond acceptors (Lipinski definition) is 5. The molecule has 0 spiro atoms. The molecule has 0 aliphatic carbocycles. The van der Waals surface area contributed by atoms with Crippen LogP contribution in [0.25, 0.3) is 0 Å². The second kappa shape index (κ2) is 13.9. The van der Waals surface area contributed by atoms with E-state index in [9.17, 15) is 18.0 Å². The highest BCUT2D eigenvalue weighted by molar-refractivity contribution is 7.92. The van der Waals surface area contributed by atoms with Crippen molar-refractivity contribution < 1.29 is 22.7 Å². The molecular formula is C26H35Cl2N3O5S. The molecule has 0 bridgehead atoms. The van der Waals surface area contributed by atoms with Crippen LogP contribution in [-0.4, -0.2) is 56.6 Å². The van der Waals surface area contributed by atoms with E-state index in [0.717, 1.165) is 17.0 Å². The largest absolute Gasteiger partial charge is 0.492 e. The fourth-order valence-electron chi connectivity index (χ4n) is 3.73. The number of nitrogens with one attached hydrogen (secondary N) is 1. The molecule has 204 valence electrons. The minimum Gasteiger partial charge on any atom is -0.492 e. The highest BCUT2D eigenvalue weighted by atomic mass is 35.5. The van der Waals surface area contributed by atoms with Gasteiger partial charge >= 0.3 is 0 Å². The Morgan fingerprint density at radius 1 is 1.03 bits per heavy atom. The van der Waals surface area contributed by atoms with Gasteiger partial charge < -0.3 is 15.0 Å². The zero-order valence-corrected chi connectivity index (χ0v) is 24.2. The lowest BCUT2D eigenvalue weighted by atomic mass is 10.1. The van der Waals surface area contributed by atoms with Gasteiger partial charge in [0.2, 0.25) is 21.8 Å². The summed E-state index contributed by atoms with van der Waals surface area (Å²) in [4.78, 5) is 28.4. The molecule has 2 amide bonds. The van der Waals surface area contributed by atoms with Gasteiger partial charge in [-0.05, 0) is 56.5 Å². The third-order valence-electron chi connectivity index (χ3n) is 5.84. The van der Waals surface area contributed by atoms with Gasteiger partial charge in [-0.1, -0.05) is 55.2 Å². The van der Waals surface area contributed by atoms with Crippen LogP contribution in [0.4, 0.5) is 5.69 Å². The molecule has 0 fully saturated rings. The van der Waals surface area contributed by atoms with Gasteiger partial charge in [0.05, 0.1) is 28.6 Å². The maximum atomic E-state index is 13.8. The van der Waals surface area contributed by atoms with E-state index in [1.165, 1.54) is 4.90 Å². The number of rotatable bonds is 13. The van der Waals surface area contributed by atoms with Crippen molar-refractivity contribution in [3.8, 4) is 5.75 Å². The second-order valence-electron chi connectivity index (χ2n) is 8.68. The van der Waals surface area contributed by atoms with E-state index in [2.05, 4.69) is 5.32 Å². The Kier molecular flexibility index (Phi) is 11.5. The number of carbonyl (C=O) groups excluding carboxylic acids is 2. The molecule has 0 saturated carbocycles. The summed E-state index contributed by atoms with van der Waals surface area (Å²) in [6.45, 7) is 7.25. The molecule has 8 nitrogen and oxygen atoms in total. The Morgan fingerprint density at radius 3 is 2.27 bits per heavy atom. The Hall–Kier alpha value is -2.49. The quantitative estimate of drug-likeness (QED) is 0.369. The molecule has 0 heterocycles. The molecule has 2 rings (SSSR count). The third kappa shape index (κ3) is 8.51. The summed E-state index contributed by atoms with van der Waals surface area (Å²) in [5.74, 6) is -0.527. The topological polar surface area (TPSA) is 96.0 Å². The van der Waals surface area contributed by atoms with Crippen LogP contribution in [0.2, 0.25) is 10.0 Å². The summed E-state index contributed by atoms with van der Waals surface area (Å²) >= 11 is 12.3. The molecule has 1 N–H and O–H groups in total. The first-order valence-electron chi connectivity index (χ1n) is 12.2. The average Bonchev–Trinajstić information content (AvgIpc) is 2.84. The lowest BCUT2D eigenvalue weighted by Crippen LogP contribution is -2.53. The third-order valence-corrected chi connectivity index (χ3v) is 7.70. The fraction of sp³-hybridized carbons (Fsp3) is 0.462. The van der Waals surface area contributed by atoms with E-state index in [1.807, 2.05) is 13.8 Å². The molecule has 2 aromatic carbocycles. The van der Waals surface area contributed by atoms with Crippen LogP contribution in [0.3, 0.4) is 0 Å². The number of anilines is 1. The molecule has 2 aromatic rings. The Balaban J connectivity index is 2.51. The van der Waals surface area contributed by atoms with Crippen LogP contribution in [-0.2, 0) is 26.2 Å². The van der Waals surface area contributed by atoms with Crippen LogP contribution in [0, 0.1) is 0 Å². The predicted octanol–water partition coefficient (Wildman–Crippen LogP) is 4.88. The van der Waals surface area contributed by atoms with E-state index in [1.54, 1.807) is 56.3 Å². The number of nitrogens with zero attached hydrogens (tertiary/aromatic N) is 2. The second-order valence-corrected chi connectivity index (χ2v) is 11.4. The Labute approximate surface area is 229 Å². The maximum Gasteiger partial charge on any atom is 0.244 e. The number of ether oxygens (including phenoxy) is 1. The molecule has 0 aliphatic rings. The highest BCUT2D eigenvalue weighted by Crippen LogP contribution is 2.30. The number of halogens is 2. The monoisotopic (exact) mass is 571 g/mol. The van der Waals surface area contributed by atoms with Gasteiger partial charge in [-0.15, -0.1) is 0 Å². The molecule has 0 aromatic heterocycles. The number of amides is 2. The van der Waals surface area contributed by atoms with Crippen molar-refractivity contribution in [2.75, 3.05) is 23.7 Å². The van der Waals surface area contributed by atoms with Crippen LogP contribution in [0.5, 0.6) is 5.75 Å². The Morgan fingerprint density at radius 2 is 1.70 bits per heavy atom. The van der Waals surface area contributed by atoms with E-state index < -0.39 is 28.5 Å². The van der Waals surface area contributed by atoms with Crippen LogP contribution < -0.4 is 14.4 Å². The van der Waals surface area contributed by atoms with Crippen molar-refractivity contribution in [2.45, 2.75) is 59.2 Å². The van der Waals surface area contributed by atoms with Crippen molar-refractivity contribution >= 4 is 50.7 Å². The zero-order valence-electron chi connectivity index (χ0n) is 21.8. The van der Waals surface area contributed by atoms with E-state index >= 15 is 0 Å². The molecule has 2 atom stereocenters. The maximum absolute atomic E-state index is 13.8. The van der Waals surface area contributed by atoms with E-state index in [-0.39, 0.29) is 24.2 Å². The smallest absolute Gasteiger partial charge is 0.244 e. The Bertz CT molecular complexity index is 1190. The zero-order chi connectivity index (χ0) is 27.8. The van der Waals surface area contributed by atoms with Gasteiger partial charge in [0.25, 0.3) is 0 Å². The summed E-state index contributed by atoms with van der Waals surface area (Å²) in [5, 5.41) is 3.61. The molecule has 0 unspecified atom stereocenters. The predicted molar refractivity (Wildman–Crippen MR) is 149 cm³/mol. The first-order chi connectivity index (χ1) is 17.4. The van der Waals surface area contributed by atoms with Crippen molar-refractivity contribution in [3.63, 3.8) is 0 Å². The van der Waals surface area contributed by atoms with Gasteiger partial charge in [0, 0.05) is 12.6 Å². The van der Waals surface area contributed by atoms with Crippen molar-refractivity contribution in [1.29, 1.82) is 0 Å². The molecule has 0 saturated heterocycles. The number of carbonyl (C=O) groups is 2. The average molecular weight is 573 g/mol. The lowest BCUT2D eigenvalue weighted by molar-refractivity contribution is -0.140. The van der Waals surface area contributed by atoms with Crippen LogP contribution >= 0.6 is 23.2 Å². The summed E-state index contributed by atoms with van der Waals surface area (Å²) in [6, 6.07) is 10.6. The number of benzene rings is 2. The van der Waals surface area contributed by atoms with Gasteiger partial charge in [-0.3, -0.25) is 13.9 Å². The fourth-order valence-corrected chi connectivity index (χ4v) is 4.90. The normalized spacial score (nSPS) is 12.9. The summed E-state index contributed by atoms with van der Waals surface area (Å²) in [7, 11) is -3.88. The van der Waals surface area contributed by atoms with Crippen molar-refractivity contribution in [3.05, 3.63) is 58.1 Å². The van der Waals surface area contributed by atoms with Crippen molar-refractivity contribution in [2.24, 2.45) is 0 Å². The first kappa shape index (κ1) is 30.7. The number of para-hydroxylation sites is 2. The van der Waals surface area contributed by atoms with Crippen LogP contribution in [0.1, 0.15) is 46.1 Å². The lowest BCUT2D eigenvalue weighted by Gasteiger charge is -2.33. The summed E-state index contributed by atoms with van der Waals surface area (Å²) in [6.07, 6.45) is 2.07. The highest BCUT2D eigenvalue weighted by Gasteiger charge is 2.33. The molecule has 0 aliphatic heterocycles. The number of sulfonamides is 1. The molecule has 37 heavy (non-hydrogen) atoms. The van der Waals surface area contributed by atoms with E-state index in [0.29, 0.717) is 34.4 Å². The van der Waals surface area contributed by atoms with Gasteiger partial charge in [0.15, 0.2) is 0 Å². The van der Waals surface area contributed by atoms with E-state index in [4.69, 9.17) is 27.9 Å². The minimum absolute atomic E-state index is 0.0346. The molecular weight excluding hydrogens is 537 g/mol. The SMILES string of the molecule is CCOc1ccccc1N(CC(=O)N(Cc1ccc(Cl)c(Cl)c1)[C@H](CC)C(=O)N[C@H](C)CC)S(C)(=O)=O. The van der Waals surface area contributed by atoms with Crippen LogP contribution in [0.15, 0.2) is 42.5 Å². The molecule has 11 heteroatoms. The van der Waals surface area contributed by atoms with Gasteiger partial charge in [-0.2, -0.15) is 0 Å². The standard InChI is InChI=1S/C26H35Cl2N3O5S/c1-6-18(4)29-26(33)22(7-2)30(16-19-13-14-20(27)21(28)15-19)25(32)17-31(37(5,34)35)23-11-9-10-12-24(23)36-8-3/h9-15,18,22H,6-8,16-17H2,1-5H3,(H,29,33)/t18-,22-/m1/s1.